The maximum Gasteiger partial charge on any atom is 0.269 e. The molecule has 0 aliphatic carbocycles. The van der Waals surface area contributed by atoms with E-state index in [1.54, 1.807) is 6.07 Å². The van der Waals surface area contributed by atoms with Gasteiger partial charge in [-0.15, -0.1) is 0 Å². The third-order valence-electron chi connectivity index (χ3n) is 2.76. The molecule has 0 bridgehead atoms. The van der Waals surface area contributed by atoms with E-state index in [0.29, 0.717) is 17.2 Å². The molecule has 0 aliphatic heterocycles. The smallest absolute Gasteiger partial charge is 0.269 e. The molecule has 0 saturated carbocycles. The molecule has 0 amide bonds. The number of rotatable bonds is 5. The van der Waals surface area contributed by atoms with E-state index in [2.05, 4.69) is 0 Å². The van der Waals surface area contributed by atoms with Gasteiger partial charge in [0, 0.05) is 12.1 Å². The summed E-state index contributed by atoms with van der Waals surface area (Å²) >= 11 is 0. The minimum atomic E-state index is -1.69. The van der Waals surface area contributed by atoms with Gasteiger partial charge in [-0.25, -0.2) is 0 Å². The van der Waals surface area contributed by atoms with Gasteiger partial charge in [-0.05, 0) is 30.3 Å². The van der Waals surface area contributed by atoms with Gasteiger partial charge in [0.15, 0.2) is 6.29 Å². The first kappa shape index (κ1) is 14.8. The van der Waals surface area contributed by atoms with E-state index in [4.69, 9.17) is 9.47 Å². The number of methoxy groups -OCH3 is 1. The quantitative estimate of drug-likeness (QED) is 0.498. The lowest BCUT2D eigenvalue weighted by Crippen LogP contribution is -1.99. The average molecular weight is 291 g/mol. The fourth-order valence-corrected chi connectivity index (χ4v) is 1.75. The number of nitro benzene ring substituents is 1. The van der Waals surface area contributed by atoms with Crippen LogP contribution in [0.3, 0.4) is 0 Å². The minimum Gasteiger partial charge on any atom is -0.496 e. The monoisotopic (exact) mass is 291 g/mol. The Hall–Kier alpha value is -2.64. The third-order valence-corrected chi connectivity index (χ3v) is 2.76. The van der Waals surface area contributed by atoms with Crippen molar-refractivity contribution >= 4 is 5.69 Å². The Morgan fingerprint density at radius 1 is 1.10 bits per heavy atom. The number of aliphatic hydroxyl groups is 2. The summed E-state index contributed by atoms with van der Waals surface area (Å²) in [5.41, 5.74) is 0.125. The number of benzene rings is 2. The Balaban J connectivity index is 2.23. The molecule has 2 N–H and O–H groups in total. The summed E-state index contributed by atoms with van der Waals surface area (Å²) in [5.74, 6) is 1.07. The maximum absolute atomic E-state index is 10.6. The molecule has 7 heteroatoms. The molecule has 0 spiro atoms. The molecule has 0 radical (unpaired) electrons. The van der Waals surface area contributed by atoms with Crippen LogP contribution < -0.4 is 9.47 Å². The molecule has 7 nitrogen and oxygen atoms in total. The Morgan fingerprint density at radius 2 is 1.71 bits per heavy atom. The van der Waals surface area contributed by atoms with E-state index in [1.165, 1.54) is 43.5 Å². The predicted molar refractivity (Wildman–Crippen MR) is 73.3 cm³/mol. The van der Waals surface area contributed by atoms with E-state index >= 15 is 0 Å². The van der Waals surface area contributed by atoms with Gasteiger partial charge in [-0.3, -0.25) is 10.1 Å². The first-order chi connectivity index (χ1) is 10.0. The Morgan fingerprint density at radius 3 is 2.24 bits per heavy atom. The molecular formula is C14H13NO6. The van der Waals surface area contributed by atoms with Crippen molar-refractivity contribution in [2.45, 2.75) is 6.29 Å². The van der Waals surface area contributed by atoms with Crippen molar-refractivity contribution in [2.24, 2.45) is 0 Å². The second-order valence-electron chi connectivity index (χ2n) is 4.13. The van der Waals surface area contributed by atoms with Gasteiger partial charge in [0.2, 0.25) is 0 Å². The number of non-ortho nitro benzene ring substituents is 1. The number of ether oxygens (including phenoxy) is 2. The van der Waals surface area contributed by atoms with Crippen LogP contribution in [0, 0.1) is 10.1 Å². The minimum absolute atomic E-state index is 0.0384. The zero-order chi connectivity index (χ0) is 15.4. The highest BCUT2D eigenvalue weighted by atomic mass is 16.6. The zero-order valence-electron chi connectivity index (χ0n) is 11.1. The molecule has 0 aromatic heterocycles. The van der Waals surface area contributed by atoms with Crippen LogP contribution in [0.5, 0.6) is 17.2 Å². The lowest BCUT2D eigenvalue weighted by molar-refractivity contribution is -0.384. The molecule has 0 atom stereocenters. The van der Waals surface area contributed by atoms with Crippen molar-refractivity contribution in [3.05, 3.63) is 58.1 Å². The molecule has 110 valence electrons. The van der Waals surface area contributed by atoms with Crippen LogP contribution in [-0.2, 0) is 0 Å². The molecule has 0 fully saturated rings. The van der Waals surface area contributed by atoms with E-state index < -0.39 is 11.2 Å². The molecule has 21 heavy (non-hydrogen) atoms. The number of hydrogen-bond donors (Lipinski definition) is 2. The van der Waals surface area contributed by atoms with Crippen molar-refractivity contribution in [1.29, 1.82) is 0 Å². The summed E-state index contributed by atoms with van der Waals surface area (Å²) in [5, 5.41) is 29.1. The van der Waals surface area contributed by atoms with Gasteiger partial charge in [0.05, 0.1) is 17.6 Å². The predicted octanol–water partition coefficient (Wildman–Crippen LogP) is 2.38. The summed E-state index contributed by atoms with van der Waals surface area (Å²) in [6, 6.07) is 10.1. The molecule has 0 aliphatic rings. The highest BCUT2D eigenvalue weighted by molar-refractivity contribution is 5.44. The molecule has 2 aromatic rings. The Labute approximate surface area is 120 Å². The zero-order valence-corrected chi connectivity index (χ0v) is 11.1. The van der Waals surface area contributed by atoms with Crippen LogP contribution in [0.25, 0.3) is 0 Å². The van der Waals surface area contributed by atoms with E-state index in [1.807, 2.05) is 0 Å². The first-order valence-corrected chi connectivity index (χ1v) is 5.97. The van der Waals surface area contributed by atoms with Crippen LogP contribution in [0.1, 0.15) is 11.9 Å². The average Bonchev–Trinajstić information content (AvgIpc) is 2.47. The normalized spacial score (nSPS) is 10.5. The summed E-state index contributed by atoms with van der Waals surface area (Å²) in [6.45, 7) is 0. The van der Waals surface area contributed by atoms with Gasteiger partial charge in [-0.1, -0.05) is 0 Å². The SMILES string of the molecule is COc1ccc(Oc2ccc([N+](=O)[O-])cc2)cc1C(O)O. The van der Waals surface area contributed by atoms with Gasteiger partial charge in [0.25, 0.3) is 5.69 Å². The van der Waals surface area contributed by atoms with Crippen LogP contribution >= 0.6 is 0 Å². The summed E-state index contributed by atoms with van der Waals surface area (Å²) in [7, 11) is 1.41. The van der Waals surface area contributed by atoms with Crippen LogP contribution in [-0.4, -0.2) is 22.2 Å². The molecule has 0 saturated heterocycles. The lowest BCUT2D eigenvalue weighted by Gasteiger charge is -2.12. The van der Waals surface area contributed by atoms with Crippen LogP contribution in [0.2, 0.25) is 0 Å². The molecular weight excluding hydrogens is 278 g/mol. The van der Waals surface area contributed by atoms with Crippen molar-refractivity contribution in [1.82, 2.24) is 0 Å². The third kappa shape index (κ3) is 3.47. The summed E-state index contributed by atoms with van der Waals surface area (Å²) in [4.78, 5) is 10.1. The van der Waals surface area contributed by atoms with Gasteiger partial charge >= 0.3 is 0 Å². The van der Waals surface area contributed by atoms with Crippen molar-refractivity contribution < 1.29 is 24.6 Å². The van der Waals surface area contributed by atoms with Crippen LogP contribution in [0.15, 0.2) is 42.5 Å². The second-order valence-corrected chi connectivity index (χ2v) is 4.13. The molecule has 0 unspecified atom stereocenters. The van der Waals surface area contributed by atoms with Gasteiger partial charge in [-0.2, -0.15) is 0 Å². The largest absolute Gasteiger partial charge is 0.496 e. The molecule has 2 aromatic carbocycles. The lowest BCUT2D eigenvalue weighted by atomic mass is 10.2. The summed E-state index contributed by atoms with van der Waals surface area (Å²) in [6.07, 6.45) is -1.69. The highest BCUT2D eigenvalue weighted by Gasteiger charge is 2.12. The van der Waals surface area contributed by atoms with Crippen molar-refractivity contribution in [3.8, 4) is 17.2 Å². The maximum atomic E-state index is 10.6. The van der Waals surface area contributed by atoms with Crippen molar-refractivity contribution in [3.63, 3.8) is 0 Å². The number of aliphatic hydroxyl groups excluding tert-OH is 1. The van der Waals surface area contributed by atoms with Gasteiger partial charge in [0.1, 0.15) is 17.2 Å². The summed E-state index contributed by atoms with van der Waals surface area (Å²) < 4.78 is 10.5. The van der Waals surface area contributed by atoms with E-state index in [-0.39, 0.29) is 11.3 Å². The number of nitrogens with zero attached hydrogens (tertiary/aromatic N) is 1. The van der Waals surface area contributed by atoms with Gasteiger partial charge < -0.3 is 19.7 Å². The topological polar surface area (TPSA) is 102 Å². The number of hydrogen-bond acceptors (Lipinski definition) is 6. The fourth-order valence-electron chi connectivity index (χ4n) is 1.75. The molecule has 2 rings (SSSR count). The first-order valence-electron chi connectivity index (χ1n) is 5.97. The Kier molecular flexibility index (Phi) is 4.36. The van der Waals surface area contributed by atoms with E-state index in [0.717, 1.165) is 0 Å². The standard InChI is InChI=1S/C14H13NO6/c1-20-13-7-6-11(8-12(13)14(16)17)21-10-4-2-9(3-5-10)15(18)19/h2-8,14,16-17H,1H3. The van der Waals surface area contributed by atoms with Crippen LogP contribution in [0.4, 0.5) is 5.69 Å². The van der Waals surface area contributed by atoms with Crippen molar-refractivity contribution in [2.75, 3.05) is 7.11 Å². The number of nitro groups is 1. The van der Waals surface area contributed by atoms with E-state index in [9.17, 15) is 20.3 Å². The highest BCUT2D eigenvalue weighted by Crippen LogP contribution is 2.31. The fraction of sp³-hybridized carbons (Fsp3) is 0.143. The second kappa shape index (κ2) is 6.21. The molecule has 0 heterocycles. The Bertz CT molecular complexity index is 638.